The molecule has 0 radical (unpaired) electrons. The molecule has 0 amide bonds. The number of allylic oxidation sites excluding steroid dienone is 2. The molecule has 0 saturated heterocycles. The third-order valence-corrected chi connectivity index (χ3v) is 2.33. The quantitative estimate of drug-likeness (QED) is 0.495. The highest BCUT2D eigenvalue weighted by Gasteiger charge is 2.32. The molecule has 1 aliphatic carbocycles. The zero-order chi connectivity index (χ0) is 7.84. The standard InChI is InChI=1S/C8H13BO2/c1-6-3-4-7-8(5-6)11-9(2)10-7/h6H,3-5H2,1-2H3. The molecule has 2 nitrogen and oxygen atoms in total. The summed E-state index contributed by atoms with van der Waals surface area (Å²) in [6.45, 7) is 4.21. The van der Waals surface area contributed by atoms with E-state index in [1.807, 2.05) is 6.82 Å². The summed E-state index contributed by atoms with van der Waals surface area (Å²) < 4.78 is 11.0. The molecular weight excluding hydrogens is 139 g/mol. The lowest BCUT2D eigenvalue weighted by Gasteiger charge is -2.17. The van der Waals surface area contributed by atoms with Crippen molar-refractivity contribution in [3.05, 3.63) is 11.5 Å². The lowest BCUT2D eigenvalue weighted by Crippen LogP contribution is -2.08. The fourth-order valence-corrected chi connectivity index (χ4v) is 1.71. The van der Waals surface area contributed by atoms with Crippen LogP contribution in [-0.2, 0) is 9.31 Å². The molecule has 3 heteroatoms. The van der Waals surface area contributed by atoms with Crippen molar-refractivity contribution in [3.63, 3.8) is 0 Å². The van der Waals surface area contributed by atoms with Crippen LogP contribution in [0.25, 0.3) is 0 Å². The molecule has 0 bridgehead atoms. The van der Waals surface area contributed by atoms with E-state index in [-0.39, 0.29) is 7.12 Å². The average Bonchev–Trinajstić information content (AvgIpc) is 2.27. The molecule has 0 N–H and O–H groups in total. The van der Waals surface area contributed by atoms with E-state index in [0.29, 0.717) is 0 Å². The molecule has 2 aliphatic rings. The van der Waals surface area contributed by atoms with Gasteiger partial charge in [0.05, 0.1) is 0 Å². The van der Waals surface area contributed by atoms with Crippen molar-refractivity contribution in [1.29, 1.82) is 0 Å². The molecule has 1 aliphatic heterocycles. The third-order valence-electron chi connectivity index (χ3n) is 2.33. The summed E-state index contributed by atoms with van der Waals surface area (Å²) in [4.78, 5) is 0. The Morgan fingerprint density at radius 2 is 2.09 bits per heavy atom. The summed E-state index contributed by atoms with van der Waals surface area (Å²) in [7, 11) is -0.0368. The molecule has 60 valence electrons. The second-order valence-corrected chi connectivity index (χ2v) is 3.50. The minimum atomic E-state index is -0.0368. The zero-order valence-corrected chi connectivity index (χ0v) is 7.09. The molecule has 0 aromatic heterocycles. The molecule has 2 rings (SSSR count). The first-order chi connectivity index (χ1) is 5.25. The Kier molecular flexibility index (Phi) is 1.59. The van der Waals surface area contributed by atoms with Crippen LogP contribution in [-0.4, -0.2) is 7.12 Å². The molecule has 1 unspecified atom stereocenters. The molecule has 1 heterocycles. The van der Waals surface area contributed by atoms with Gasteiger partial charge < -0.3 is 9.31 Å². The third kappa shape index (κ3) is 1.24. The second-order valence-electron chi connectivity index (χ2n) is 3.50. The van der Waals surface area contributed by atoms with Crippen LogP contribution in [0.15, 0.2) is 11.5 Å². The highest BCUT2D eigenvalue weighted by molar-refractivity contribution is 6.44. The minimum absolute atomic E-state index is 0.0368. The molecule has 1 atom stereocenters. The molecule has 0 saturated carbocycles. The van der Waals surface area contributed by atoms with Gasteiger partial charge in [0, 0.05) is 12.8 Å². The maximum atomic E-state index is 5.49. The van der Waals surface area contributed by atoms with E-state index in [1.165, 1.54) is 6.42 Å². The summed E-state index contributed by atoms with van der Waals surface area (Å²) in [6.07, 6.45) is 3.38. The van der Waals surface area contributed by atoms with Crippen molar-refractivity contribution in [3.8, 4) is 0 Å². The topological polar surface area (TPSA) is 18.5 Å². The molecular formula is C8H13BO2. The maximum absolute atomic E-state index is 5.49. The summed E-state index contributed by atoms with van der Waals surface area (Å²) in [6, 6.07) is 0. The average molecular weight is 152 g/mol. The van der Waals surface area contributed by atoms with Gasteiger partial charge in [-0.1, -0.05) is 6.92 Å². The van der Waals surface area contributed by atoms with Crippen LogP contribution < -0.4 is 0 Å². The van der Waals surface area contributed by atoms with Crippen LogP contribution in [0.5, 0.6) is 0 Å². The van der Waals surface area contributed by atoms with Crippen LogP contribution in [0.2, 0.25) is 6.82 Å². The van der Waals surface area contributed by atoms with Crippen LogP contribution in [0, 0.1) is 5.92 Å². The molecule has 11 heavy (non-hydrogen) atoms. The molecule has 0 aromatic rings. The van der Waals surface area contributed by atoms with Crippen molar-refractivity contribution in [1.82, 2.24) is 0 Å². The highest BCUT2D eigenvalue weighted by atomic mass is 16.6. The van der Waals surface area contributed by atoms with Gasteiger partial charge in [-0.05, 0) is 19.2 Å². The first-order valence-electron chi connectivity index (χ1n) is 4.31. The summed E-state index contributed by atoms with van der Waals surface area (Å²) in [5.41, 5.74) is 0. The van der Waals surface area contributed by atoms with Crippen molar-refractivity contribution in [2.45, 2.75) is 33.0 Å². The van der Waals surface area contributed by atoms with Crippen LogP contribution in [0.1, 0.15) is 26.2 Å². The number of hydrogen-bond donors (Lipinski definition) is 0. The lowest BCUT2D eigenvalue weighted by atomic mass is 9.94. The number of rotatable bonds is 0. The van der Waals surface area contributed by atoms with Gasteiger partial charge in [0.15, 0.2) is 0 Å². The normalized spacial score (nSPS) is 29.6. The van der Waals surface area contributed by atoms with Crippen molar-refractivity contribution >= 4 is 7.12 Å². The van der Waals surface area contributed by atoms with Crippen LogP contribution in [0.3, 0.4) is 0 Å². The van der Waals surface area contributed by atoms with Gasteiger partial charge in [-0.3, -0.25) is 0 Å². The van der Waals surface area contributed by atoms with Crippen molar-refractivity contribution in [2.24, 2.45) is 5.92 Å². The smallest absolute Gasteiger partial charge is 0.527 e. The predicted octanol–water partition coefficient (Wildman–Crippen LogP) is 2.18. The monoisotopic (exact) mass is 152 g/mol. The van der Waals surface area contributed by atoms with Gasteiger partial charge in [0.2, 0.25) is 0 Å². The fraction of sp³-hybridized carbons (Fsp3) is 0.750. The Balaban J connectivity index is 2.10. The van der Waals surface area contributed by atoms with E-state index in [4.69, 9.17) is 9.31 Å². The summed E-state index contributed by atoms with van der Waals surface area (Å²) >= 11 is 0. The summed E-state index contributed by atoms with van der Waals surface area (Å²) in [5, 5.41) is 0. The Hall–Kier alpha value is -0.595. The Morgan fingerprint density at radius 3 is 2.91 bits per heavy atom. The Labute approximate surface area is 67.7 Å². The van der Waals surface area contributed by atoms with E-state index in [0.717, 1.165) is 30.3 Å². The first-order valence-corrected chi connectivity index (χ1v) is 4.31. The van der Waals surface area contributed by atoms with Gasteiger partial charge in [-0.15, -0.1) is 0 Å². The highest BCUT2D eigenvalue weighted by Crippen LogP contribution is 2.35. The summed E-state index contributed by atoms with van der Waals surface area (Å²) in [5.74, 6) is 2.98. The van der Waals surface area contributed by atoms with Gasteiger partial charge in [0.25, 0.3) is 0 Å². The van der Waals surface area contributed by atoms with Gasteiger partial charge in [-0.25, -0.2) is 0 Å². The molecule has 0 aromatic carbocycles. The van der Waals surface area contributed by atoms with E-state index in [1.54, 1.807) is 0 Å². The van der Waals surface area contributed by atoms with Gasteiger partial charge >= 0.3 is 7.12 Å². The Bertz CT molecular complexity index is 200. The van der Waals surface area contributed by atoms with Gasteiger partial charge in [0.1, 0.15) is 11.5 Å². The largest absolute Gasteiger partial charge is 0.591 e. The zero-order valence-electron chi connectivity index (χ0n) is 7.09. The van der Waals surface area contributed by atoms with Crippen LogP contribution in [0.4, 0.5) is 0 Å². The second kappa shape index (κ2) is 2.47. The molecule has 0 spiro atoms. The van der Waals surface area contributed by atoms with E-state index < -0.39 is 0 Å². The predicted molar refractivity (Wildman–Crippen MR) is 43.8 cm³/mol. The lowest BCUT2D eigenvalue weighted by molar-refractivity contribution is 0.361. The van der Waals surface area contributed by atoms with E-state index in [9.17, 15) is 0 Å². The van der Waals surface area contributed by atoms with Gasteiger partial charge in [-0.2, -0.15) is 0 Å². The molecule has 0 fully saturated rings. The number of hydrogen-bond acceptors (Lipinski definition) is 2. The van der Waals surface area contributed by atoms with Crippen molar-refractivity contribution in [2.75, 3.05) is 0 Å². The fourth-order valence-electron chi connectivity index (χ4n) is 1.71. The minimum Gasteiger partial charge on any atom is -0.527 e. The Morgan fingerprint density at radius 1 is 1.36 bits per heavy atom. The maximum Gasteiger partial charge on any atom is 0.591 e. The first kappa shape index (κ1) is 7.08. The van der Waals surface area contributed by atoms with E-state index >= 15 is 0 Å². The SMILES string of the molecule is CB1OC2=C(CC(C)CC2)O1. The van der Waals surface area contributed by atoms with Crippen molar-refractivity contribution < 1.29 is 9.31 Å². The van der Waals surface area contributed by atoms with Crippen LogP contribution >= 0.6 is 0 Å². The van der Waals surface area contributed by atoms with E-state index in [2.05, 4.69) is 6.92 Å².